The summed E-state index contributed by atoms with van der Waals surface area (Å²) >= 11 is 1.19. The smallest absolute Gasteiger partial charge is 0.263 e. The molecule has 0 atom stereocenters. The summed E-state index contributed by atoms with van der Waals surface area (Å²) in [6, 6.07) is 11.0. The van der Waals surface area contributed by atoms with Crippen LogP contribution in [0, 0.1) is 0 Å². The highest BCUT2D eigenvalue weighted by Gasteiger charge is 2.17. The molecule has 1 aliphatic heterocycles. The second-order valence-corrected chi connectivity index (χ2v) is 9.21. The van der Waals surface area contributed by atoms with E-state index in [-0.39, 0.29) is 29.0 Å². The van der Waals surface area contributed by atoms with Crippen LogP contribution in [0.4, 0.5) is 10.8 Å². The summed E-state index contributed by atoms with van der Waals surface area (Å²) in [5.74, 6) is 1.05. The van der Waals surface area contributed by atoms with Gasteiger partial charge in [0, 0.05) is 18.2 Å². The zero-order chi connectivity index (χ0) is 21.8. The number of ether oxygens (including phenoxy) is 2. The lowest BCUT2D eigenvalue weighted by atomic mass is 10.1. The molecule has 0 aliphatic carbocycles. The molecule has 0 fully saturated rings. The number of carbonyl (C=O) groups excluding carboxylic acids is 1. The Balaban J connectivity index is 1.37. The number of hydrogen-bond donors (Lipinski definition) is 1. The van der Waals surface area contributed by atoms with Crippen LogP contribution in [0.5, 0.6) is 11.5 Å². The van der Waals surface area contributed by atoms with Crippen molar-refractivity contribution >= 4 is 44.2 Å². The average molecular weight is 459 g/mol. The summed E-state index contributed by atoms with van der Waals surface area (Å²) in [7, 11) is -3.77. The Morgan fingerprint density at radius 3 is 2.68 bits per heavy atom. The number of aliphatic imine (C=N–C) groups is 1. The number of carbonyl (C=O) groups is 1. The Morgan fingerprint density at radius 2 is 1.94 bits per heavy atom. The summed E-state index contributed by atoms with van der Waals surface area (Å²) in [5.41, 5.74) is 1.03. The molecule has 2 aromatic carbocycles. The summed E-state index contributed by atoms with van der Waals surface area (Å²) in [4.78, 5) is 16.6. The molecule has 3 aromatic rings. The van der Waals surface area contributed by atoms with Crippen molar-refractivity contribution in [1.82, 2.24) is 10.2 Å². The molecule has 0 unspecified atom stereocenters. The van der Waals surface area contributed by atoms with E-state index in [9.17, 15) is 13.2 Å². The van der Waals surface area contributed by atoms with Gasteiger partial charge in [0.05, 0.1) is 10.6 Å². The fourth-order valence-corrected chi connectivity index (χ4v) is 4.65. The zero-order valence-electron chi connectivity index (χ0n) is 16.4. The number of hydrogen-bond acceptors (Lipinski definition) is 9. The first kappa shape index (κ1) is 20.9. The molecule has 0 bridgehead atoms. The van der Waals surface area contributed by atoms with Crippen molar-refractivity contribution in [2.75, 3.05) is 11.5 Å². The Morgan fingerprint density at radius 1 is 1.16 bits per heavy atom. The Hall–Kier alpha value is -3.31. The number of benzene rings is 2. The van der Waals surface area contributed by atoms with Crippen molar-refractivity contribution < 1.29 is 22.7 Å². The zero-order valence-corrected chi connectivity index (χ0v) is 18.1. The van der Waals surface area contributed by atoms with Crippen LogP contribution >= 0.6 is 11.3 Å². The van der Waals surface area contributed by atoms with Gasteiger partial charge >= 0.3 is 0 Å². The third-order valence-corrected chi connectivity index (χ3v) is 6.82. The molecule has 0 amide bonds. The van der Waals surface area contributed by atoms with Crippen LogP contribution < -0.4 is 14.2 Å². The van der Waals surface area contributed by atoms with Crippen molar-refractivity contribution in [3.63, 3.8) is 0 Å². The van der Waals surface area contributed by atoms with Crippen LogP contribution in [0.15, 0.2) is 52.4 Å². The summed E-state index contributed by atoms with van der Waals surface area (Å²) < 4.78 is 37.9. The predicted octanol–water partition coefficient (Wildman–Crippen LogP) is 3.61. The quantitative estimate of drug-likeness (QED) is 0.404. The number of sulfonamides is 1. The minimum Gasteiger partial charge on any atom is -0.454 e. The summed E-state index contributed by atoms with van der Waals surface area (Å²) in [6.45, 7) is 2.07. The van der Waals surface area contributed by atoms with Crippen LogP contribution in [-0.2, 0) is 16.4 Å². The maximum Gasteiger partial charge on any atom is 0.263 e. The number of rotatable bonds is 8. The maximum atomic E-state index is 12.5. The molecule has 2 heterocycles. The maximum absolute atomic E-state index is 12.5. The van der Waals surface area contributed by atoms with Gasteiger partial charge in [-0.05, 0) is 48.9 Å². The van der Waals surface area contributed by atoms with E-state index in [1.807, 2.05) is 6.92 Å². The lowest BCUT2D eigenvalue weighted by Crippen LogP contribution is -2.12. The average Bonchev–Trinajstić information content (AvgIpc) is 3.42. The summed E-state index contributed by atoms with van der Waals surface area (Å²) in [6.07, 6.45) is 2.27. The molecule has 1 N–H and O–H groups in total. The number of aryl methyl sites for hydroxylation is 1. The van der Waals surface area contributed by atoms with Crippen LogP contribution in [0.25, 0.3) is 0 Å². The third kappa shape index (κ3) is 4.89. The largest absolute Gasteiger partial charge is 0.454 e. The van der Waals surface area contributed by atoms with Gasteiger partial charge in [-0.1, -0.05) is 18.3 Å². The molecule has 0 saturated heterocycles. The van der Waals surface area contributed by atoms with Crippen molar-refractivity contribution in [1.29, 1.82) is 0 Å². The Labute approximate surface area is 182 Å². The van der Waals surface area contributed by atoms with Gasteiger partial charge in [-0.25, -0.2) is 8.42 Å². The second-order valence-electron chi connectivity index (χ2n) is 6.46. The van der Waals surface area contributed by atoms with E-state index < -0.39 is 10.0 Å². The SMILES string of the molecule is CCc1nnc(NS(=O)(=O)c2ccc(N=CCC(=O)c3ccc4c(c3)OCO4)cc2)s1. The molecule has 0 spiro atoms. The first-order valence-corrected chi connectivity index (χ1v) is 11.7. The van der Waals surface area contributed by atoms with Gasteiger partial charge in [0.25, 0.3) is 10.0 Å². The summed E-state index contributed by atoms with van der Waals surface area (Å²) in [5, 5.41) is 8.69. The van der Waals surface area contributed by atoms with E-state index in [1.54, 1.807) is 30.3 Å². The van der Waals surface area contributed by atoms with E-state index in [1.165, 1.54) is 29.7 Å². The van der Waals surface area contributed by atoms with Gasteiger partial charge in [-0.15, -0.1) is 10.2 Å². The van der Waals surface area contributed by atoms with Crippen molar-refractivity contribution in [2.24, 2.45) is 4.99 Å². The van der Waals surface area contributed by atoms with Crippen molar-refractivity contribution in [2.45, 2.75) is 24.7 Å². The number of nitrogens with zero attached hydrogens (tertiary/aromatic N) is 3. The normalized spacial score (nSPS) is 12.9. The standard InChI is InChI=1S/C20H18N4O5S2/c1-2-19-22-23-20(30-19)24-31(26,27)15-6-4-14(5-7-15)21-10-9-16(25)13-3-8-17-18(11-13)29-12-28-17/h3-8,10-11H,2,9,12H2,1H3,(H,23,24). The first-order valence-electron chi connectivity index (χ1n) is 9.35. The highest BCUT2D eigenvalue weighted by atomic mass is 32.2. The third-order valence-electron chi connectivity index (χ3n) is 4.35. The van der Waals surface area contributed by atoms with Gasteiger partial charge in [-0.3, -0.25) is 14.5 Å². The van der Waals surface area contributed by atoms with E-state index in [0.29, 0.717) is 29.2 Å². The number of anilines is 1. The van der Waals surface area contributed by atoms with Gasteiger partial charge in [-0.2, -0.15) is 0 Å². The molecule has 11 heteroatoms. The lowest BCUT2D eigenvalue weighted by molar-refractivity contribution is 0.100. The minimum absolute atomic E-state index is 0.0798. The topological polar surface area (TPSA) is 120 Å². The van der Waals surface area contributed by atoms with Crippen LogP contribution in [-0.4, -0.2) is 37.4 Å². The predicted molar refractivity (Wildman–Crippen MR) is 116 cm³/mol. The van der Waals surface area contributed by atoms with Crippen LogP contribution in [0.2, 0.25) is 0 Å². The van der Waals surface area contributed by atoms with Gasteiger partial charge < -0.3 is 9.47 Å². The van der Waals surface area contributed by atoms with Gasteiger partial charge in [0.15, 0.2) is 17.3 Å². The van der Waals surface area contributed by atoms with Crippen LogP contribution in [0.3, 0.4) is 0 Å². The van der Waals surface area contributed by atoms with Gasteiger partial charge in [0.2, 0.25) is 11.9 Å². The van der Waals surface area contributed by atoms with E-state index in [4.69, 9.17) is 9.47 Å². The molecule has 31 heavy (non-hydrogen) atoms. The van der Waals surface area contributed by atoms with E-state index >= 15 is 0 Å². The number of nitrogens with one attached hydrogen (secondary N) is 1. The molecular weight excluding hydrogens is 440 g/mol. The molecule has 0 saturated carbocycles. The molecular formula is C20H18N4O5S2. The minimum atomic E-state index is -3.77. The fraction of sp³-hybridized carbons (Fsp3) is 0.200. The monoisotopic (exact) mass is 458 g/mol. The van der Waals surface area contributed by atoms with E-state index in [2.05, 4.69) is 19.9 Å². The highest BCUT2D eigenvalue weighted by Crippen LogP contribution is 2.32. The lowest BCUT2D eigenvalue weighted by Gasteiger charge is -2.04. The number of aromatic nitrogens is 2. The molecule has 0 radical (unpaired) electrons. The van der Waals surface area contributed by atoms with Crippen molar-refractivity contribution in [3.8, 4) is 11.5 Å². The molecule has 1 aliphatic rings. The van der Waals surface area contributed by atoms with Gasteiger partial charge in [0.1, 0.15) is 5.01 Å². The molecule has 1 aromatic heterocycles. The number of fused-ring (bicyclic) bond motifs is 1. The van der Waals surface area contributed by atoms with Crippen LogP contribution in [0.1, 0.15) is 28.7 Å². The fourth-order valence-electron chi connectivity index (χ4n) is 2.74. The highest BCUT2D eigenvalue weighted by molar-refractivity contribution is 7.93. The second kappa shape index (κ2) is 8.82. The number of Topliss-reactive ketones (excluding diaryl/α,β-unsaturated/α-hetero) is 1. The molecule has 160 valence electrons. The molecule has 4 rings (SSSR count). The first-order chi connectivity index (χ1) is 14.9. The van der Waals surface area contributed by atoms with Crippen molar-refractivity contribution in [3.05, 3.63) is 53.0 Å². The number of ketones is 1. The molecule has 9 nitrogen and oxygen atoms in total. The van der Waals surface area contributed by atoms with E-state index in [0.717, 1.165) is 5.01 Å². The Kier molecular flexibility index (Phi) is 5.96. The Bertz CT molecular complexity index is 1240.